The third-order valence-corrected chi connectivity index (χ3v) is 6.12. The van der Waals surface area contributed by atoms with Crippen molar-refractivity contribution in [3.05, 3.63) is 21.8 Å². The molecule has 2 heterocycles. The molecule has 2 rings (SSSR count). The van der Waals surface area contributed by atoms with Gasteiger partial charge in [-0.2, -0.15) is 0 Å². The minimum Gasteiger partial charge on any atom is -0.462 e. The van der Waals surface area contributed by atoms with Gasteiger partial charge in [0, 0.05) is 13.5 Å². The second kappa shape index (κ2) is 10.4. The van der Waals surface area contributed by atoms with Gasteiger partial charge >= 0.3 is 11.9 Å². The average Bonchev–Trinajstić information content (AvgIpc) is 3.19. The number of aryl methyl sites for hydroxylation is 1. The van der Waals surface area contributed by atoms with Crippen LogP contribution in [0.15, 0.2) is 5.16 Å². The highest BCUT2D eigenvalue weighted by Crippen LogP contribution is 2.34. The van der Waals surface area contributed by atoms with E-state index in [1.165, 1.54) is 11.8 Å². The number of esters is 2. The summed E-state index contributed by atoms with van der Waals surface area (Å²) in [4.78, 5) is 37.3. The molecule has 0 aliphatic carbocycles. The van der Waals surface area contributed by atoms with Gasteiger partial charge in [0.25, 0.3) is 0 Å². The number of anilines is 1. The molecule has 11 heteroatoms. The van der Waals surface area contributed by atoms with Crippen LogP contribution in [0.1, 0.15) is 52.2 Å². The molecule has 1 amide bonds. The van der Waals surface area contributed by atoms with Crippen molar-refractivity contribution in [2.75, 3.05) is 24.3 Å². The highest BCUT2D eigenvalue weighted by molar-refractivity contribution is 7.99. The van der Waals surface area contributed by atoms with Crippen LogP contribution in [0.25, 0.3) is 0 Å². The molecule has 0 saturated heterocycles. The van der Waals surface area contributed by atoms with Gasteiger partial charge in [-0.25, -0.2) is 9.59 Å². The molecule has 2 aromatic rings. The third-order valence-electron chi connectivity index (χ3n) is 3.91. The molecular weight excluding hydrogens is 416 g/mol. The van der Waals surface area contributed by atoms with Crippen LogP contribution in [0.3, 0.4) is 0 Å². The number of aromatic nitrogens is 3. The minimum absolute atomic E-state index is 0.0731. The van der Waals surface area contributed by atoms with Crippen molar-refractivity contribution in [1.29, 1.82) is 0 Å². The summed E-state index contributed by atoms with van der Waals surface area (Å²) in [5, 5.41) is 11.7. The number of rotatable bonds is 9. The molecule has 0 fully saturated rings. The van der Waals surface area contributed by atoms with Gasteiger partial charge < -0.3 is 19.4 Å². The zero-order valence-electron chi connectivity index (χ0n) is 17.0. The Kier molecular flexibility index (Phi) is 8.21. The molecule has 0 aliphatic heterocycles. The second-order valence-electron chi connectivity index (χ2n) is 5.85. The Hall–Kier alpha value is -2.40. The Balaban J connectivity index is 2.19. The van der Waals surface area contributed by atoms with Crippen LogP contribution in [0.2, 0.25) is 0 Å². The normalized spacial score (nSPS) is 10.7. The topological polar surface area (TPSA) is 112 Å². The molecule has 0 spiro atoms. The first-order chi connectivity index (χ1) is 13.8. The smallest absolute Gasteiger partial charge is 0.348 e. The average molecular weight is 441 g/mol. The van der Waals surface area contributed by atoms with E-state index in [9.17, 15) is 14.4 Å². The maximum absolute atomic E-state index is 12.5. The van der Waals surface area contributed by atoms with E-state index in [0.717, 1.165) is 23.6 Å². The molecule has 0 aliphatic rings. The van der Waals surface area contributed by atoms with E-state index in [-0.39, 0.29) is 40.3 Å². The van der Waals surface area contributed by atoms with Crippen LogP contribution in [-0.2, 0) is 27.7 Å². The highest BCUT2D eigenvalue weighted by atomic mass is 32.2. The molecular formula is C18H24N4O5S2. The first-order valence-electron chi connectivity index (χ1n) is 9.12. The zero-order chi connectivity index (χ0) is 21.6. The predicted octanol–water partition coefficient (Wildman–Crippen LogP) is 2.83. The molecule has 0 unspecified atom stereocenters. The van der Waals surface area contributed by atoms with Gasteiger partial charge in [-0.15, -0.1) is 21.5 Å². The quantitative estimate of drug-likeness (QED) is 0.468. The van der Waals surface area contributed by atoms with Gasteiger partial charge in [0.1, 0.15) is 15.7 Å². The number of thioether (sulfide) groups is 1. The number of ether oxygens (including phenoxy) is 2. The Morgan fingerprint density at radius 1 is 1.10 bits per heavy atom. The van der Waals surface area contributed by atoms with Gasteiger partial charge in [0.05, 0.1) is 24.5 Å². The fraction of sp³-hybridized carbons (Fsp3) is 0.500. The van der Waals surface area contributed by atoms with E-state index in [1.807, 2.05) is 18.5 Å². The van der Waals surface area contributed by atoms with Crippen molar-refractivity contribution in [1.82, 2.24) is 14.8 Å². The molecule has 158 valence electrons. The summed E-state index contributed by atoms with van der Waals surface area (Å²) in [6.07, 6.45) is 0.740. The van der Waals surface area contributed by atoms with Crippen LogP contribution in [0.4, 0.5) is 5.00 Å². The summed E-state index contributed by atoms with van der Waals surface area (Å²) >= 11 is 2.23. The van der Waals surface area contributed by atoms with Crippen LogP contribution in [0, 0.1) is 6.92 Å². The lowest BCUT2D eigenvalue weighted by atomic mass is 10.1. The molecule has 0 bridgehead atoms. The molecule has 0 aromatic carbocycles. The number of amides is 1. The largest absolute Gasteiger partial charge is 0.462 e. The summed E-state index contributed by atoms with van der Waals surface area (Å²) in [7, 11) is 1.84. The lowest BCUT2D eigenvalue weighted by Crippen LogP contribution is -2.16. The predicted molar refractivity (Wildman–Crippen MR) is 111 cm³/mol. The fourth-order valence-electron chi connectivity index (χ4n) is 2.51. The number of hydrogen-bond acceptors (Lipinski definition) is 9. The summed E-state index contributed by atoms with van der Waals surface area (Å²) in [6, 6.07) is 0. The zero-order valence-corrected chi connectivity index (χ0v) is 18.7. The molecule has 2 aromatic heterocycles. The third kappa shape index (κ3) is 5.36. The summed E-state index contributed by atoms with van der Waals surface area (Å²) in [6.45, 7) is 7.38. The standard InChI is InChI=1S/C18H24N4O5S2/c1-6-11-20-21-18(22(11)5)28-9-12(23)19-15-13(16(24)26-7-2)10(4)14(29-15)17(25)27-8-3/h6-9H2,1-5H3,(H,19,23). The highest BCUT2D eigenvalue weighted by Gasteiger charge is 2.27. The van der Waals surface area contributed by atoms with Gasteiger partial charge in [-0.05, 0) is 26.3 Å². The van der Waals surface area contributed by atoms with E-state index in [4.69, 9.17) is 9.47 Å². The first-order valence-corrected chi connectivity index (χ1v) is 10.9. The Morgan fingerprint density at radius 3 is 2.34 bits per heavy atom. The number of carbonyl (C=O) groups is 3. The molecule has 0 radical (unpaired) electrons. The van der Waals surface area contributed by atoms with Crippen molar-refractivity contribution >= 4 is 45.9 Å². The monoisotopic (exact) mass is 440 g/mol. The minimum atomic E-state index is -0.597. The van der Waals surface area contributed by atoms with Gasteiger partial charge in [0.2, 0.25) is 5.91 Å². The fourth-order valence-corrected chi connectivity index (χ4v) is 4.35. The molecule has 0 atom stereocenters. The first kappa shape index (κ1) is 22.9. The lowest BCUT2D eigenvalue weighted by molar-refractivity contribution is -0.113. The number of nitrogens with one attached hydrogen (secondary N) is 1. The SMILES string of the molecule is CCOC(=O)c1sc(NC(=O)CSc2nnc(CC)n2C)c(C(=O)OCC)c1C. The van der Waals surface area contributed by atoms with E-state index >= 15 is 0 Å². The van der Waals surface area contributed by atoms with Gasteiger partial charge in [0.15, 0.2) is 5.16 Å². The number of nitrogens with zero attached hydrogens (tertiary/aromatic N) is 3. The van der Waals surface area contributed by atoms with E-state index in [0.29, 0.717) is 10.7 Å². The van der Waals surface area contributed by atoms with Gasteiger partial charge in [-0.1, -0.05) is 18.7 Å². The molecule has 0 saturated carbocycles. The lowest BCUT2D eigenvalue weighted by Gasteiger charge is -2.07. The van der Waals surface area contributed by atoms with Crippen LogP contribution in [-0.4, -0.2) is 51.6 Å². The van der Waals surface area contributed by atoms with Crippen LogP contribution < -0.4 is 5.32 Å². The summed E-state index contributed by atoms with van der Waals surface area (Å²) < 4.78 is 11.9. The van der Waals surface area contributed by atoms with Crippen LogP contribution in [0.5, 0.6) is 0 Å². The van der Waals surface area contributed by atoms with Crippen molar-refractivity contribution in [3.63, 3.8) is 0 Å². The summed E-state index contributed by atoms with van der Waals surface area (Å²) in [5.74, 6) is -0.574. The van der Waals surface area contributed by atoms with Gasteiger partial charge in [-0.3, -0.25) is 4.79 Å². The number of hydrogen-bond donors (Lipinski definition) is 1. The second-order valence-corrected chi connectivity index (χ2v) is 7.81. The van der Waals surface area contributed by atoms with Crippen molar-refractivity contribution < 1.29 is 23.9 Å². The number of carbonyl (C=O) groups excluding carboxylic acids is 3. The van der Waals surface area contributed by atoms with Crippen molar-refractivity contribution in [3.8, 4) is 0 Å². The Bertz CT molecular complexity index is 906. The Morgan fingerprint density at radius 2 is 1.76 bits per heavy atom. The maximum Gasteiger partial charge on any atom is 0.348 e. The molecule has 9 nitrogen and oxygen atoms in total. The van der Waals surface area contributed by atoms with E-state index < -0.39 is 11.9 Å². The molecule has 1 N–H and O–H groups in total. The molecule has 29 heavy (non-hydrogen) atoms. The Labute approximate surface area is 177 Å². The number of thiophene rings is 1. The van der Waals surface area contributed by atoms with Crippen LogP contribution >= 0.6 is 23.1 Å². The summed E-state index contributed by atoms with van der Waals surface area (Å²) in [5.41, 5.74) is 0.598. The van der Waals surface area contributed by atoms with Crippen molar-refractivity contribution in [2.45, 2.75) is 39.3 Å². The van der Waals surface area contributed by atoms with E-state index in [1.54, 1.807) is 20.8 Å². The van der Waals surface area contributed by atoms with Crippen molar-refractivity contribution in [2.24, 2.45) is 7.05 Å². The van der Waals surface area contributed by atoms with E-state index in [2.05, 4.69) is 15.5 Å². The maximum atomic E-state index is 12.5.